The summed E-state index contributed by atoms with van der Waals surface area (Å²) in [5.74, 6) is -0.362. The van der Waals surface area contributed by atoms with Crippen molar-refractivity contribution in [1.82, 2.24) is 10.2 Å². The first kappa shape index (κ1) is 22.1. The molecular formula is C23H26ClFN2O3. The summed E-state index contributed by atoms with van der Waals surface area (Å²) in [6, 6.07) is 12.1. The van der Waals surface area contributed by atoms with Crippen molar-refractivity contribution >= 4 is 23.4 Å². The minimum atomic E-state index is -0.683. The molecule has 5 nitrogen and oxygen atoms in total. The Bertz CT molecular complexity index is 852. The zero-order valence-electron chi connectivity index (χ0n) is 16.9. The lowest BCUT2D eigenvalue weighted by atomic mass is 10.1. The Labute approximate surface area is 181 Å². The van der Waals surface area contributed by atoms with E-state index < -0.39 is 6.04 Å². The lowest BCUT2D eigenvalue weighted by molar-refractivity contribution is -0.142. The van der Waals surface area contributed by atoms with Gasteiger partial charge in [-0.2, -0.15) is 0 Å². The average Bonchev–Trinajstić information content (AvgIpc) is 3.25. The zero-order valence-corrected chi connectivity index (χ0v) is 17.7. The quantitative estimate of drug-likeness (QED) is 0.675. The normalized spacial score (nSPS) is 14.9. The molecule has 2 aromatic rings. The van der Waals surface area contributed by atoms with Crippen molar-refractivity contribution in [3.05, 3.63) is 64.9 Å². The Balaban J connectivity index is 1.69. The van der Waals surface area contributed by atoms with Crippen molar-refractivity contribution in [2.75, 3.05) is 6.61 Å². The van der Waals surface area contributed by atoms with Crippen LogP contribution in [-0.2, 0) is 16.1 Å². The minimum Gasteiger partial charge on any atom is -0.484 e. The third-order valence-electron chi connectivity index (χ3n) is 5.31. The van der Waals surface area contributed by atoms with Gasteiger partial charge in [0.2, 0.25) is 5.91 Å². The molecule has 30 heavy (non-hydrogen) atoms. The molecule has 1 atom stereocenters. The van der Waals surface area contributed by atoms with Gasteiger partial charge in [-0.15, -0.1) is 0 Å². The summed E-state index contributed by atoms with van der Waals surface area (Å²) >= 11 is 5.87. The van der Waals surface area contributed by atoms with Crippen LogP contribution in [0.15, 0.2) is 48.5 Å². The monoisotopic (exact) mass is 432 g/mol. The van der Waals surface area contributed by atoms with Crippen molar-refractivity contribution in [1.29, 1.82) is 0 Å². The van der Waals surface area contributed by atoms with Crippen LogP contribution in [0.3, 0.4) is 0 Å². The Hall–Kier alpha value is -2.60. The Kier molecular flexibility index (Phi) is 7.69. The van der Waals surface area contributed by atoms with Crippen LogP contribution >= 0.6 is 11.6 Å². The second-order valence-corrected chi connectivity index (χ2v) is 7.99. The van der Waals surface area contributed by atoms with Gasteiger partial charge in [-0.25, -0.2) is 4.39 Å². The number of carbonyl (C=O) groups is 2. The van der Waals surface area contributed by atoms with E-state index in [1.54, 1.807) is 43.3 Å². The number of ether oxygens (including phenoxy) is 1. The number of carbonyl (C=O) groups excluding carboxylic acids is 2. The molecule has 2 aromatic carbocycles. The van der Waals surface area contributed by atoms with E-state index in [-0.39, 0.29) is 36.8 Å². The highest BCUT2D eigenvalue weighted by molar-refractivity contribution is 6.30. The van der Waals surface area contributed by atoms with Gasteiger partial charge in [0.1, 0.15) is 17.6 Å². The molecular weight excluding hydrogens is 407 g/mol. The van der Waals surface area contributed by atoms with Gasteiger partial charge in [0.15, 0.2) is 6.61 Å². The van der Waals surface area contributed by atoms with E-state index in [9.17, 15) is 14.0 Å². The summed E-state index contributed by atoms with van der Waals surface area (Å²) in [5.41, 5.74) is 0.733. The number of rotatable bonds is 8. The molecule has 1 fully saturated rings. The van der Waals surface area contributed by atoms with Gasteiger partial charge < -0.3 is 15.0 Å². The summed E-state index contributed by atoms with van der Waals surface area (Å²) in [6.07, 6.45) is 4.13. The molecule has 0 spiro atoms. The molecule has 1 aliphatic rings. The van der Waals surface area contributed by atoms with E-state index in [0.29, 0.717) is 10.8 Å². The fourth-order valence-electron chi connectivity index (χ4n) is 3.52. The molecule has 2 amide bonds. The molecule has 0 radical (unpaired) electrons. The average molecular weight is 433 g/mol. The van der Waals surface area contributed by atoms with Crippen LogP contribution < -0.4 is 10.1 Å². The number of hydrogen-bond donors (Lipinski definition) is 1. The van der Waals surface area contributed by atoms with Crippen molar-refractivity contribution in [2.24, 2.45) is 0 Å². The van der Waals surface area contributed by atoms with Crippen LogP contribution in [0.25, 0.3) is 0 Å². The van der Waals surface area contributed by atoms with Gasteiger partial charge in [0.25, 0.3) is 5.91 Å². The largest absolute Gasteiger partial charge is 0.484 e. The number of nitrogens with one attached hydrogen (secondary N) is 1. The number of nitrogens with zero attached hydrogens (tertiary/aromatic N) is 1. The van der Waals surface area contributed by atoms with Gasteiger partial charge in [-0.1, -0.05) is 36.6 Å². The van der Waals surface area contributed by atoms with E-state index >= 15 is 0 Å². The maximum absolute atomic E-state index is 13.3. The van der Waals surface area contributed by atoms with Crippen molar-refractivity contribution in [3.63, 3.8) is 0 Å². The second-order valence-electron chi connectivity index (χ2n) is 7.56. The smallest absolute Gasteiger partial charge is 0.261 e. The number of benzene rings is 2. The van der Waals surface area contributed by atoms with Crippen LogP contribution in [0, 0.1) is 5.82 Å². The first-order valence-electron chi connectivity index (χ1n) is 10.1. The highest BCUT2D eigenvalue weighted by atomic mass is 35.5. The van der Waals surface area contributed by atoms with Gasteiger partial charge >= 0.3 is 0 Å². The standard InChI is InChI=1S/C23H26ClFN2O3/c1-16(23(29)26-20-4-2-3-5-20)27(14-17-6-10-19(25)11-7-17)22(28)15-30-21-12-8-18(24)9-13-21/h6-13,16,20H,2-5,14-15H2,1H3,(H,26,29)/t16-/m1/s1. The highest BCUT2D eigenvalue weighted by Gasteiger charge is 2.28. The minimum absolute atomic E-state index is 0.160. The summed E-state index contributed by atoms with van der Waals surface area (Å²) in [5, 5.41) is 3.61. The lowest BCUT2D eigenvalue weighted by Gasteiger charge is -2.29. The summed E-state index contributed by atoms with van der Waals surface area (Å²) in [6.45, 7) is 1.67. The third-order valence-corrected chi connectivity index (χ3v) is 5.56. The summed E-state index contributed by atoms with van der Waals surface area (Å²) < 4.78 is 18.8. The highest BCUT2D eigenvalue weighted by Crippen LogP contribution is 2.19. The molecule has 160 valence electrons. The molecule has 0 heterocycles. The van der Waals surface area contributed by atoms with Gasteiger partial charge in [0, 0.05) is 17.6 Å². The molecule has 7 heteroatoms. The van der Waals surface area contributed by atoms with E-state index in [1.165, 1.54) is 17.0 Å². The van der Waals surface area contributed by atoms with E-state index in [1.807, 2.05) is 0 Å². The maximum atomic E-state index is 13.3. The van der Waals surface area contributed by atoms with Gasteiger partial charge in [-0.05, 0) is 61.7 Å². The van der Waals surface area contributed by atoms with E-state index in [2.05, 4.69) is 5.32 Å². The Morgan fingerprint density at radius 2 is 1.77 bits per heavy atom. The van der Waals surface area contributed by atoms with E-state index in [4.69, 9.17) is 16.3 Å². The fourth-order valence-corrected chi connectivity index (χ4v) is 3.65. The second kappa shape index (κ2) is 10.4. The van der Waals surface area contributed by atoms with Gasteiger partial charge in [0.05, 0.1) is 0 Å². The van der Waals surface area contributed by atoms with Crippen molar-refractivity contribution in [3.8, 4) is 5.75 Å². The Morgan fingerprint density at radius 1 is 1.13 bits per heavy atom. The topological polar surface area (TPSA) is 58.6 Å². The number of halogens is 2. The molecule has 1 aliphatic carbocycles. The Morgan fingerprint density at radius 3 is 2.40 bits per heavy atom. The van der Waals surface area contributed by atoms with Crippen molar-refractivity contribution in [2.45, 2.75) is 51.2 Å². The first-order chi connectivity index (χ1) is 14.4. The third kappa shape index (κ3) is 6.20. The first-order valence-corrected chi connectivity index (χ1v) is 10.5. The molecule has 1 saturated carbocycles. The predicted octanol–water partition coefficient (Wildman–Crippen LogP) is 4.33. The maximum Gasteiger partial charge on any atom is 0.261 e. The molecule has 0 unspecified atom stereocenters. The number of hydrogen-bond acceptors (Lipinski definition) is 3. The molecule has 3 rings (SSSR count). The lowest BCUT2D eigenvalue weighted by Crippen LogP contribution is -2.50. The number of amides is 2. The molecule has 0 aromatic heterocycles. The molecule has 0 aliphatic heterocycles. The molecule has 0 saturated heterocycles. The van der Waals surface area contributed by atoms with Crippen LogP contribution in [0.4, 0.5) is 4.39 Å². The summed E-state index contributed by atoms with van der Waals surface area (Å²) in [4.78, 5) is 27.2. The van der Waals surface area contributed by atoms with Crippen LogP contribution in [0.1, 0.15) is 38.2 Å². The van der Waals surface area contributed by atoms with Crippen LogP contribution in [-0.4, -0.2) is 35.4 Å². The van der Waals surface area contributed by atoms with Gasteiger partial charge in [-0.3, -0.25) is 9.59 Å². The molecule has 0 bridgehead atoms. The van der Waals surface area contributed by atoms with Crippen molar-refractivity contribution < 1.29 is 18.7 Å². The van der Waals surface area contributed by atoms with E-state index in [0.717, 1.165) is 31.2 Å². The fraction of sp³-hybridized carbons (Fsp3) is 0.391. The summed E-state index contributed by atoms with van der Waals surface area (Å²) in [7, 11) is 0. The molecule has 1 N–H and O–H groups in total. The predicted molar refractivity (Wildman–Crippen MR) is 114 cm³/mol. The van der Waals surface area contributed by atoms with Crippen LogP contribution in [0.5, 0.6) is 5.75 Å². The zero-order chi connectivity index (χ0) is 21.5. The van der Waals surface area contributed by atoms with Crippen LogP contribution in [0.2, 0.25) is 5.02 Å². The SMILES string of the molecule is C[C@H](C(=O)NC1CCCC1)N(Cc1ccc(F)cc1)C(=O)COc1ccc(Cl)cc1.